The number of hydrogen-bond acceptors (Lipinski definition) is 3. The van der Waals surface area contributed by atoms with Gasteiger partial charge in [-0.05, 0) is 18.6 Å². The molecular formula is C13H17ClN2O. The summed E-state index contributed by atoms with van der Waals surface area (Å²) in [5, 5.41) is 3.93. The molecule has 2 rings (SSSR count). The van der Waals surface area contributed by atoms with Crippen molar-refractivity contribution in [3.63, 3.8) is 0 Å². The van der Waals surface area contributed by atoms with Crippen LogP contribution in [0.5, 0.6) is 0 Å². The van der Waals surface area contributed by atoms with Crippen LogP contribution in [0.15, 0.2) is 18.2 Å². The van der Waals surface area contributed by atoms with Crippen molar-refractivity contribution in [3.05, 3.63) is 34.3 Å². The molecule has 0 aliphatic carbocycles. The Morgan fingerprint density at radius 3 is 2.76 bits per heavy atom. The summed E-state index contributed by atoms with van der Waals surface area (Å²) in [4.78, 5) is 14.2. The Kier molecular flexibility index (Phi) is 4.15. The van der Waals surface area contributed by atoms with Crippen LogP contribution in [-0.2, 0) is 0 Å². The predicted octanol–water partition coefficient (Wildman–Crippen LogP) is 1.74. The van der Waals surface area contributed by atoms with Crippen molar-refractivity contribution < 1.29 is 4.79 Å². The van der Waals surface area contributed by atoms with Gasteiger partial charge in [0.1, 0.15) is 0 Å². The molecule has 3 nitrogen and oxygen atoms in total. The molecule has 0 aromatic heterocycles. The maximum absolute atomic E-state index is 12.1. The Labute approximate surface area is 107 Å². The van der Waals surface area contributed by atoms with E-state index in [4.69, 9.17) is 11.6 Å². The van der Waals surface area contributed by atoms with E-state index in [1.54, 1.807) is 6.07 Å². The molecule has 1 fully saturated rings. The molecule has 1 aromatic carbocycles. The van der Waals surface area contributed by atoms with Crippen molar-refractivity contribution >= 4 is 17.4 Å². The number of nitrogens with zero attached hydrogens (tertiary/aromatic N) is 1. The second kappa shape index (κ2) is 5.63. The van der Waals surface area contributed by atoms with Crippen LogP contribution < -0.4 is 5.32 Å². The van der Waals surface area contributed by atoms with E-state index >= 15 is 0 Å². The zero-order valence-corrected chi connectivity index (χ0v) is 10.8. The molecule has 0 radical (unpaired) electrons. The number of carbonyl (C=O) groups excluding carboxylic acids is 1. The molecule has 92 valence electrons. The third-order valence-corrected chi connectivity index (χ3v) is 3.48. The van der Waals surface area contributed by atoms with Crippen molar-refractivity contribution in [1.82, 2.24) is 10.2 Å². The van der Waals surface area contributed by atoms with Gasteiger partial charge < -0.3 is 5.32 Å². The summed E-state index contributed by atoms with van der Waals surface area (Å²) in [6.07, 6.45) is 0. The first-order valence-electron chi connectivity index (χ1n) is 5.89. The minimum absolute atomic E-state index is 0.147. The largest absolute Gasteiger partial charge is 0.314 e. The lowest BCUT2D eigenvalue weighted by molar-refractivity contribution is 0.0921. The minimum Gasteiger partial charge on any atom is -0.314 e. The van der Waals surface area contributed by atoms with Gasteiger partial charge in [0, 0.05) is 36.8 Å². The van der Waals surface area contributed by atoms with Crippen molar-refractivity contribution in [2.45, 2.75) is 6.92 Å². The first-order valence-corrected chi connectivity index (χ1v) is 6.27. The second-order valence-corrected chi connectivity index (χ2v) is 4.82. The van der Waals surface area contributed by atoms with E-state index in [-0.39, 0.29) is 5.78 Å². The number of rotatable bonds is 3. The lowest BCUT2D eigenvalue weighted by atomic mass is 10.1. The van der Waals surface area contributed by atoms with E-state index in [1.807, 2.05) is 19.1 Å². The van der Waals surface area contributed by atoms with Gasteiger partial charge in [0.05, 0.1) is 6.54 Å². The van der Waals surface area contributed by atoms with Crippen LogP contribution in [0.1, 0.15) is 15.9 Å². The third-order valence-electron chi connectivity index (χ3n) is 3.07. The van der Waals surface area contributed by atoms with E-state index in [0.29, 0.717) is 17.1 Å². The van der Waals surface area contributed by atoms with Crippen LogP contribution in [0.4, 0.5) is 0 Å². The van der Waals surface area contributed by atoms with E-state index < -0.39 is 0 Å². The Morgan fingerprint density at radius 1 is 1.41 bits per heavy atom. The highest BCUT2D eigenvalue weighted by Crippen LogP contribution is 2.17. The van der Waals surface area contributed by atoms with Gasteiger partial charge in [-0.15, -0.1) is 0 Å². The topological polar surface area (TPSA) is 32.3 Å². The van der Waals surface area contributed by atoms with Gasteiger partial charge >= 0.3 is 0 Å². The molecule has 17 heavy (non-hydrogen) atoms. The Hall–Kier alpha value is -0.900. The highest BCUT2D eigenvalue weighted by atomic mass is 35.5. The normalized spacial score (nSPS) is 17.1. The van der Waals surface area contributed by atoms with Crippen molar-refractivity contribution in [3.8, 4) is 0 Å². The van der Waals surface area contributed by atoms with Crippen LogP contribution in [0.3, 0.4) is 0 Å². The van der Waals surface area contributed by atoms with Crippen LogP contribution in [0.2, 0.25) is 5.02 Å². The summed E-state index contributed by atoms with van der Waals surface area (Å²) in [7, 11) is 0. The molecule has 1 saturated heterocycles. The number of Topliss-reactive ketones (excluding diaryl/α,β-unsaturated/α-hetero) is 1. The summed E-state index contributed by atoms with van der Waals surface area (Å²) >= 11 is 6.02. The summed E-state index contributed by atoms with van der Waals surface area (Å²) in [5.41, 5.74) is 1.71. The average molecular weight is 253 g/mol. The number of ketones is 1. The lowest BCUT2D eigenvalue weighted by Crippen LogP contribution is -2.45. The smallest absolute Gasteiger partial charge is 0.176 e. The molecule has 1 aromatic rings. The maximum atomic E-state index is 12.1. The second-order valence-electron chi connectivity index (χ2n) is 4.41. The molecule has 0 amide bonds. The minimum atomic E-state index is 0.147. The fourth-order valence-electron chi connectivity index (χ4n) is 1.93. The molecular weight excluding hydrogens is 236 g/mol. The summed E-state index contributed by atoms with van der Waals surface area (Å²) in [6, 6.07) is 5.51. The first kappa shape index (κ1) is 12.6. The number of hydrogen-bond donors (Lipinski definition) is 1. The Bertz CT molecular complexity index is 414. The van der Waals surface area contributed by atoms with Crippen LogP contribution >= 0.6 is 11.6 Å². The fraction of sp³-hybridized carbons (Fsp3) is 0.462. The van der Waals surface area contributed by atoms with Crippen LogP contribution in [0.25, 0.3) is 0 Å². The van der Waals surface area contributed by atoms with E-state index in [1.165, 1.54) is 0 Å². The fourth-order valence-corrected chi connectivity index (χ4v) is 2.11. The number of piperazine rings is 1. The maximum Gasteiger partial charge on any atom is 0.176 e. The molecule has 4 heteroatoms. The third kappa shape index (κ3) is 3.28. The van der Waals surface area contributed by atoms with Crippen molar-refractivity contribution in [1.29, 1.82) is 0 Å². The average Bonchev–Trinajstić information content (AvgIpc) is 2.34. The van der Waals surface area contributed by atoms with Gasteiger partial charge in [-0.25, -0.2) is 0 Å². The van der Waals surface area contributed by atoms with Gasteiger partial charge in [0.15, 0.2) is 5.78 Å². The molecule has 1 N–H and O–H groups in total. The van der Waals surface area contributed by atoms with Crippen molar-refractivity contribution in [2.24, 2.45) is 0 Å². The molecule has 1 heterocycles. The standard InChI is InChI=1S/C13H17ClN2O/c1-10-2-3-11(8-12(10)14)13(17)9-16-6-4-15-5-7-16/h2-3,8,15H,4-7,9H2,1H3. The van der Waals surface area contributed by atoms with Crippen LogP contribution in [-0.4, -0.2) is 43.4 Å². The first-order chi connectivity index (χ1) is 8.16. The summed E-state index contributed by atoms with van der Waals surface area (Å²) < 4.78 is 0. The molecule has 0 bridgehead atoms. The Morgan fingerprint density at radius 2 is 2.12 bits per heavy atom. The number of carbonyl (C=O) groups is 1. The zero-order chi connectivity index (χ0) is 12.3. The zero-order valence-electron chi connectivity index (χ0n) is 10.0. The molecule has 0 unspecified atom stereocenters. The molecule has 0 spiro atoms. The number of nitrogens with one attached hydrogen (secondary N) is 1. The molecule has 0 saturated carbocycles. The SMILES string of the molecule is Cc1ccc(C(=O)CN2CCNCC2)cc1Cl. The van der Waals surface area contributed by atoms with Crippen molar-refractivity contribution in [2.75, 3.05) is 32.7 Å². The predicted molar refractivity (Wildman–Crippen MR) is 69.8 cm³/mol. The van der Waals surface area contributed by atoms with Gasteiger partial charge in [-0.2, -0.15) is 0 Å². The van der Waals surface area contributed by atoms with Gasteiger partial charge in [-0.1, -0.05) is 23.7 Å². The molecule has 1 aliphatic rings. The summed E-state index contributed by atoms with van der Waals surface area (Å²) in [6.45, 7) is 6.22. The molecule has 0 atom stereocenters. The van der Waals surface area contributed by atoms with E-state index in [2.05, 4.69) is 10.2 Å². The van der Waals surface area contributed by atoms with E-state index in [0.717, 1.165) is 31.7 Å². The monoisotopic (exact) mass is 252 g/mol. The number of benzene rings is 1. The number of aryl methyl sites for hydroxylation is 1. The highest BCUT2D eigenvalue weighted by Gasteiger charge is 2.15. The van der Waals surface area contributed by atoms with Gasteiger partial charge in [-0.3, -0.25) is 9.69 Å². The highest BCUT2D eigenvalue weighted by molar-refractivity contribution is 6.31. The quantitative estimate of drug-likeness (QED) is 0.832. The van der Waals surface area contributed by atoms with E-state index in [9.17, 15) is 4.79 Å². The van der Waals surface area contributed by atoms with Gasteiger partial charge in [0.2, 0.25) is 0 Å². The number of halogens is 1. The summed E-state index contributed by atoms with van der Waals surface area (Å²) in [5.74, 6) is 0.147. The lowest BCUT2D eigenvalue weighted by Gasteiger charge is -2.26. The Balaban J connectivity index is 2.01. The van der Waals surface area contributed by atoms with Gasteiger partial charge in [0.25, 0.3) is 0 Å². The van der Waals surface area contributed by atoms with Crippen LogP contribution in [0, 0.1) is 6.92 Å². The molecule has 1 aliphatic heterocycles.